The van der Waals surface area contributed by atoms with Gasteiger partial charge >= 0.3 is 0 Å². The Morgan fingerprint density at radius 2 is 2.04 bits per heavy atom. The molecular formula is C21H28N4O3. The lowest BCUT2D eigenvalue weighted by molar-refractivity contribution is -0.129. The van der Waals surface area contributed by atoms with Gasteiger partial charge in [0, 0.05) is 45.6 Å². The zero-order valence-electron chi connectivity index (χ0n) is 16.4. The molecule has 2 saturated heterocycles. The molecule has 3 heterocycles. The fourth-order valence-electron chi connectivity index (χ4n) is 3.91. The molecule has 28 heavy (non-hydrogen) atoms. The Morgan fingerprint density at radius 3 is 2.82 bits per heavy atom. The van der Waals surface area contributed by atoms with Gasteiger partial charge in [-0.3, -0.25) is 9.69 Å². The third-order valence-corrected chi connectivity index (χ3v) is 5.51. The van der Waals surface area contributed by atoms with Gasteiger partial charge in [-0.2, -0.15) is 0 Å². The van der Waals surface area contributed by atoms with Crippen LogP contribution in [-0.2, 0) is 9.53 Å². The van der Waals surface area contributed by atoms with E-state index in [2.05, 4.69) is 9.88 Å². The van der Waals surface area contributed by atoms with E-state index in [9.17, 15) is 4.79 Å². The summed E-state index contributed by atoms with van der Waals surface area (Å²) in [6.07, 6.45) is 5.43. The van der Waals surface area contributed by atoms with Crippen LogP contribution < -0.4 is 4.74 Å². The molecule has 1 aromatic carbocycles. The molecule has 1 unspecified atom stereocenters. The van der Waals surface area contributed by atoms with Crippen LogP contribution >= 0.6 is 0 Å². The van der Waals surface area contributed by atoms with Crippen LogP contribution in [0.25, 0.3) is 11.4 Å². The molecular weight excluding hydrogens is 356 g/mol. The van der Waals surface area contributed by atoms with E-state index in [0.717, 1.165) is 69.4 Å². The Morgan fingerprint density at radius 1 is 1.21 bits per heavy atom. The first-order chi connectivity index (χ1) is 13.7. The smallest absolute Gasteiger partial charge is 0.245 e. The number of ether oxygens (including phenoxy) is 2. The monoisotopic (exact) mass is 384 g/mol. The predicted octanol–water partition coefficient (Wildman–Crippen LogP) is 2.05. The lowest BCUT2D eigenvalue weighted by Crippen LogP contribution is -2.37. The van der Waals surface area contributed by atoms with Crippen LogP contribution in [0.3, 0.4) is 0 Å². The SMILES string of the molecule is CN1CCC(n2ccnc2-c2ccccc2OCCCN2CCOCC2)C1=O. The number of para-hydroxylation sites is 1. The summed E-state index contributed by atoms with van der Waals surface area (Å²) in [5.41, 5.74) is 0.932. The first-order valence-corrected chi connectivity index (χ1v) is 10.0. The molecule has 2 aliphatic heterocycles. The summed E-state index contributed by atoms with van der Waals surface area (Å²) < 4.78 is 13.5. The molecule has 4 rings (SSSR count). The number of likely N-dealkylation sites (tertiary alicyclic amines) is 1. The van der Waals surface area contributed by atoms with E-state index >= 15 is 0 Å². The van der Waals surface area contributed by atoms with Gasteiger partial charge in [-0.1, -0.05) is 12.1 Å². The minimum atomic E-state index is -0.183. The van der Waals surface area contributed by atoms with E-state index in [1.807, 2.05) is 42.1 Å². The fraction of sp³-hybridized carbons (Fsp3) is 0.524. The van der Waals surface area contributed by atoms with E-state index < -0.39 is 0 Å². The highest BCUT2D eigenvalue weighted by Crippen LogP contribution is 2.33. The van der Waals surface area contributed by atoms with E-state index in [1.54, 1.807) is 11.1 Å². The van der Waals surface area contributed by atoms with Crippen molar-refractivity contribution < 1.29 is 14.3 Å². The van der Waals surface area contributed by atoms with Crippen molar-refractivity contribution in [3.05, 3.63) is 36.7 Å². The van der Waals surface area contributed by atoms with Crippen molar-refractivity contribution in [3.8, 4) is 17.1 Å². The van der Waals surface area contributed by atoms with Crippen molar-refractivity contribution in [1.29, 1.82) is 0 Å². The molecule has 150 valence electrons. The summed E-state index contributed by atoms with van der Waals surface area (Å²) in [4.78, 5) is 21.2. The van der Waals surface area contributed by atoms with E-state index in [4.69, 9.17) is 9.47 Å². The molecule has 0 N–H and O–H groups in total. The van der Waals surface area contributed by atoms with Crippen molar-refractivity contribution in [3.63, 3.8) is 0 Å². The molecule has 2 aliphatic rings. The number of aromatic nitrogens is 2. The fourth-order valence-corrected chi connectivity index (χ4v) is 3.91. The van der Waals surface area contributed by atoms with Crippen LogP contribution in [-0.4, -0.2) is 78.3 Å². The van der Waals surface area contributed by atoms with Crippen molar-refractivity contribution in [2.45, 2.75) is 18.9 Å². The number of hydrogen-bond donors (Lipinski definition) is 0. The first kappa shape index (κ1) is 19.0. The molecule has 0 spiro atoms. The second kappa shape index (κ2) is 8.75. The lowest BCUT2D eigenvalue weighted by Gasteiger charge is -2.26. The largest absolute Gasteiger partial charge is 0.493 e. The predicted molar refractivity (Wildman–Crippen MR) is 106 cm³/mol. The van der Waals surface area contributed by atoms with E-state index in [0.29, 0.717) is 6.61 Å². The number of benzene rings is 1. The lowest BCUT2D eigenvalue weighted by atomic mass is 10.1. The minimum Gasteiger partial charge on any atom is -0.493 e. The molecule has 7 nitrogen and oxygen atoms in total. The Labute approximate surface area is 165 Å². The van der Waals surface area contributed by atoms with Crippen molar-refractivity contribution >= 4 is 5.91 Å². The Balaban J connectivity index is 1.43. The summed E-state index contributed by atoms with van der Waals surface area (Å²) in [7, 11) is 1.85. The van der Waals surface area contributed by atoms with Gasteiger partial charge in [-0.15, -0.1) is 0 Å². The topological polar surface area (TPSA) is 59.8 Å². The number of rotatable bonds is 7. The third-order valence-electron chi connectivity index (χ3n) is 5.51. The maximum Gasteiger partial charge on any atom is 0.245 e. The molecule has 0 aliphatic carbocycles. The molecule has 1 atom stereocenters. The third kappa shape index (κ3) is 4.05. The number of amides is 1. The maximum atomic E-state index is 12.5. The van der Waals surface area contributed by atoms with Gasteiger partial charge in [0.25, 0.3) is 0 Å². The number of morpholine rings is 1. The zero-order valence-corrected chi connectivity index (χ0v) is 16.4. The number of nitrogens with zero attached hydrogens (tertiary/aromatic N) is 4. The maximum absolute atomic E-state index is 12.5. The summed E-state index contributed by atoms with van der Waals surface area (Å²) in [5.74, 6) is 1.75. The highest BCUT2D eigenvalue weighted by atomic mass is 16.5. The number of carbonyl (C=O) groups is 1. The quantitative estimate of drug-likeness (QED) is 0.684. The molecule has 0 bridgehead atoms. The summed E-state index contributed by atoms with van der Waals surface area (Å²) >= 11 is 0. The molecule has 1 aromatic heterocycles. The van der Waals surface area contributed by atoms with Crippen molar-refractivity contribution in [2.24, 2.45) is 0 Å². The second-order valence-electron chi connectivity index (χ2n) is 7.37. The van der Waals surface area contributed by atoms with Crippen LogP contribution in [0.5, 0.6) is 5.75 Å². The molecule has 2 fully saturated rings. The van der Waals surface area contributed by atoms with Gasteiger partial charge in [0.15, 0.2) is 0 Å². The van der Waals surface area contributed by atoms with Gasteiger partial charge in [-0.05, 0) is 25.0 Å². The van der Waals surface area contributed by atoms with Gasteiger partial charge < -0.3 is 18.9 Å². The summed E-state index contributed by atoms with van der Waals surface area (Å²) in [6, 6.07) is 7.77. The van der Waals surface area contributed by atoms with Crippen LogP contribution in [0.4, 0.5) is 0 Å². The average Bonchev–Trinajstić information content (AvgIpc) is 3.33. The van der Waals surface area contributed by atoms with Crippen LogP contribution in [0.2, 0.25) is 0 Å². The minimum absolute atomic E-state index is 0.142. The zero-order chi connectivity index (χ0) is 19.3. The van der Waals surface area contributed by atoms with Gasteiger partial charge in [0.1, 0.15) is 17.6 Å². The molecule has 7 heteroatoms. The van der Waals surface area contributed by atoms with Crippen LogP contribution in [0.1, 0.15) is 18.9 Å². The second-order valence-corrected chi connectivity index (χ2v) is 7.37. The Hall–Kier alpha value is -2.38. The van der Waals surface area contributed by atoms with E-state index in [1.165, 1.54) is 0 Å². The first-order valence-electron chi connectivity index (χ1n) is 10.0. The highest BCUT2D eigenvalue weighted by Gasteiger charge is 2.32. The molecule has 0 radical (unpaired) electrons. The summed E-state index contributed by atoms with van der Waals surface area (Å²) in [5, 5.41) is 0. The number of imidazole rings is 1. The normalized spacial score (nSPS) is 20.7. The highest BCUT2D eigenvalue weighted by molar-refractivity contribution is 5.83. The average molecular weight is 384 g/mol. The Bertz CT molecular complexity index is 800. The molecule has 1 amide bonds. The standard InChI is InChI=1S/C21H28N4O3/c1-23-10-7-18(21(23)26)25-11-8-22-20(25)17-5-2-3-6-19(17)28-14-4-9-24-12-15-27-16-13-24/h2-3,5-6,8,11,18H,4,7,9-10,12-16H2,1H3. The van der Waals surface area contributed by atoms with Crippen LogP contribution in [0.15, 0.2) is 36.7 Å². The van der Waals surface area contributed by atoms with Gasteiger partial charge in [-0.25, -0.2) is 4.98 Å². The molecule has 0 saturated carbocycles. The van der Waals surface area contributed by atoms with Gasteiger partial charge in [0.05, 0.1) is 25.4 Å². The number of likely N-dealkylation sites (N-methyl/N-ethyl adjacent to an activating group) is 1. The summed E-state index contributed by atoms with van der Waals surface area (Å²) in [6.45, 7) is 6.09. The van der Waals surface area contributed by atoms with Crippen molar-refractivity contribution in [1.82, 2.24) is 19.4 Å². The number of hydrogen-bond acceptors (Lipinski definition) is 5. The van der Waals surface area contributed by atoms with Gasteiger partial charge in [0.2, 0.25) is 5.91 Å². The van der Waals surface area contributed by atoms with Crippen LogP contribution in [0, 0.1) is 0 Å². The molecule has 2 aromatic rings. The number of carbonyl (C=O) groups excluding carboxylic acids is 1. The Kier molecular flexibility index (Phi) is 5.92. The van der Waals surface area contributed by atoms with E-state index in [-0.39, 0.29) is 11.9 Å². The van der Waals surface area contributed by atoms with Crippen molar-refractivity contribution in [2.75, 3.05) is 53.0 Å².